The Kier molecular flexibility index (Phi) is 4.28. The molecule has 1 aliphatic rings. The maximum Gasteiger partial charge on any atom is 0.325 e. The second-order valence-corrected chi connectivity index (χ2v) is 3.45. The standard InChI is InChI=1S/C10H15NO5/c1-3-15-9(13)6-11-5-4-8(10(11)14)16-7(2)12/h8H,3-6H2,1-2H3. The Morgan fingerprint density at radius 3 is 2.75 bits per heavy atom. The summed E-state index contributed by atoms with van der Waals surface area (Å²) in [6, 6.07) is 0. The fourth-order valence-corrected chi connectivity index (χ4v) is 1.54. The van der Waals surface area contributed by atoms with E-state index >= 15 is 0 Å². The summed E-state index contributed by atoms with van der Waals surface area (Å²) < 4.78 is 9.54. The van der Waals surface area contributed by atoms with Crippen molar-refractivity contribution in [2.45, 2.75) is 26.4 Å². The van der Waals surface area contributed by atoms with Gasteiger partial charge in [0.25, 0.3) is 5.91 Å². The first kappa shape index (κ1) is 12.5. The number of carbonyl (C=O) groups is 3. The summed E-state index contributed by atoms with van der Waals surface area (Å²) >= 11 is 0. The Morgan fingerprint density at radius 2 is 2.19 bits per heavy atom. The summed E-state index contributed by atoms with van der Waals surface area (Å²) in [7, 11) is 0. The molecule has 1 rings (SSSR count). The number of hydrogen-bond donors (Lipinski definition) is 0. The quantitative estimate of drug-likeness (QED) is 0.619. The Hall–Kier alpha value is -1.59. The predicted octanol–water partition coefficient (Wildman–Crippen LogP) is -0.286. The highest BCUT2D eigenvalue weighted by Crippen LogP contribution is 2.14. The molecular weight excluding hydrogens is 214 g/mol. The fraction of sp³-hybridized carbons (Fsp3) is 0.700. The fourth-order valence-electron chi connectivity index (χ4n) is 1.54. The molecule has 6 nitrogen and oxygen atoms in total. The summed E-state index contributed by atoms with van der Waals surface area (Å²) in [5.41, 5.74) is 0. The van der Waals surface area contributed by atoms with Crippen molar-refractivity contribution in [1.82, 2.24) is 4.90 Å². The van der Waals surface area contributed by atoms with E-state index in [0.29, 0.717) is 13.0 Å². The molecule has 0 aromatic rings. The van der Waals surface area contributed by atoms with E-state index in [-0.39, 0.29) is 19.1 Å². The van der Waals surface area contributed by atoms with E-state index in [0.717, 1.165) is 0 Å². The maximum absolute atomic E-state index is 11.6. The van der Waals surface area contributed by atoms with Gasteiger partial charge in [0.15, 0.2) is 6.10 Å². The highest BCUT2D eigenvalue weighted by molar-refractivity contribution is 5.88. The molecule has 0 bridgehead atoms. The van der Waals surface area contributed by atoms with Crippen LogP contribution in [-0.4, -0.2) is 48.5 Å². The molecular formula is C10H15NO5. The van der Waals surface area contributed by atoms with E-state index in [1.54, 1.807) is 6.92 Å². The third-order valence-corrected chi connectivity index (χ3v) is 2.18. The predicted molar refractivity (Wildman–Crippen MR) is 53.4 cm³/mol. The zero-order valence-corrected chi connectivity index (χ0v) is 9.39. The van der Waals surface area contributed by atoms with E-state index in [2.05, 4.69) is 0 Å². The number of rotatable bonds is 4. The molecule has 1 aliphatic heterocycles. The number of ether oxygens (including phenoxy) is 2. The number of hydrogen-bond acceptors (Lipinski definition) is 5. The van der Waals surface area contributed by atoms with Gasteiger partial charge < -0.3 is 14.4 Å². The van der Waals surface area contributed by atoms with Crippen LogP contribution in [0.1, 0.15) is 20.3 Å². The lowest BCUT2D eigenvalue weighted by atomic mass is 10.3. The zero-order valence-electron chi connectivity index (χ0n) is 9.39. The van der Waals surface area contributed by atoms with Gasteiger partial charge in [-0.05, 0) is 6.92 Å². The van der Waals surface area contributed by atoms with Crippen molar-refractivity contribution >= 4 is 17.8 Å². The second kappa shape index (κ2) is 5.48. The van der Waals surface area contributed by atoms with Crippen LogP contribution >= 0.6 is 0 Å². The molecule has 1 unspecified atom stereocenters. The van der Waals surface area contributed by atoms with Gasteiger partial charge in [0, 0.05) is 19.9 Å². The molecule has 0 aromatic heterocycles. The molecule has 0 aliphatic carbocycles. The number of esters is 2. The molecule has 0 saturated carbocycles. The van der Waals surface area contributed by atoms with Crippen LogP contribution in [0.4, 0.5) is 0 Å². The Morgan fingerprint density at radius 1 is 1.50 bits per heavy atom. The highest BCUT2D eigenvalue weighted by Gasteiger charge is 2.35. The molecule has 16 heavy (non-hydrogen) atoms. The first-order valence-electron chi connectivity index (χ1n) is 5.16. The van der Waals surface area contributed by atoms with Gasteiger partial charge in [-0.1, -0.05) is 0 Å². The van der Waals surface area contributed by atoms with Gasteiger partial charge in [0.1, 0.15) is 6.54 Å². The summed E-state index contributed by atoms with van der Waals surface area (Å²) in [6.45, 7) is 3.57. The van der Waals surface area contributed by atoms with Gasteiger partial charge >= 0.3 is 11.9 Å². The molecule has 0 spiro atoms. The van der Waals surface area contributed by atoms with Crippen LogP contribution in [0.15, 0.2) is 0 Å². The lowest BCUT2D eigenvalue weighted by molar-refractivity contribution is -0.156. The van der Waals surface area contributed by atoms with Crippen molar-refractivity contribution in [1.29, 1.82) is 0 Å². The summed E-state index contributed by atoms with van der Waals surface area (Å²) in [5, 5.41) is 0. The molecule has 90 valence electrons. The van der Waals surface area contributed by atoms with E-state index in [4.69, 9.17) is 9.47 Å². The number of likely N-dealkylation sites (tertiary alicyclic amines) is 1. The van der Waals surface area contributed by atoms with Gasteiger partial charge in [0.2, 0.25) is 0 Å². The normalized spacial score (nSPS) is 19.8. The van der Waals surface area contributed by atoms with E-state index in [1.807, 2.05) is 0 Å². The Balaban J connectivity index is 2.44. The van der Waals surface area contributed by atoms with Crippen LogP contribution in [0, 0.1) is 0 Å². The van der Waals surface area contributed by atoms with Gasteiger partial charge in [0.05, 0.1) is 6.61 Å². The monoisotopic (exact) mass is 229 g/mol. The van der Waals surface area contributed by atoms with Crippen LogP contribution in [0.5, 0.6) is 0 Å². The molecule has 1 atom stereocenters. The van der Waals surface area contributed by atoms with Gasteiger partial charge in [-0.3, -0.25) is 14.4 Å². The molecule has 6 heteroatoms. The number of amides is 1. The third-order valence-electron chi connectivity index (χ3n) is 2.18. The number of nitrogens with zero attached hydrogens (tertiary/aromatic N) is 1. The maximum atomic E-state index is 11.6. The van der Waals surface area contributed by atoms with Gasteiger partial charge in [-0.25, -0.2) is 0 Å². The molecule has 1 heterocycles. The van der Waals surface area contributed by atoms with Crippen molar-refractivity contribution in [3.05, 3.63) is 0 Å². The topological polar surface area (TPSA) is 72.9 Å². The SMILES string of the molecule is CCOC(=O)CN1CCC(OC(C)=O)C1=O. The molecule has 1 fully saturated rings. The van der Waals surface area contributed by atoms with E-state index < -0.39 is 18.0 Å². The molecule has 1 saturated heterocycles. The van der Waals surface area contributed by atoms with Crippen LogP contribution in [-0.2, 0) is 23.9 Å². The largest absolute Gasteiger partial charge is 0.465 e. The third kappa shape index (κ3) is 3.22. The minimum Gasteiger partial charge on any atom is -0.465 e. The van der Waals surface area contributed by atoms with Crippen LogP contribution in [0.3, 0.4) is 0 Å². The first-order valence-corrected chi connectivity index (χ1v) is 5.16. The second-order valence-electron chi connectivity index (χ2n) is 3.45. The smallest absolute Gasteiger partial charge is 0.325 e. The summed E-state index contributed by atoms with van der Waals surface area (Å²) in [5.74, 6) is -1.26. The van der Waals surface area contributed by atoms with Crippen molar-refractivity contribution < 1.29 is 23.9 Å². The molecule has 1 amide bonds. The zero-order chi connectivity index (χ0) is 12.1. The molecule has 0 N–H and O–H groups in total. The van der Waals surface area contributed by atoms with Crippen molar-refractivity contribution in [3.8, 4) is 0 Å². The Labute approximate surface area is 93.5 Å². The van der Waals surface area contributed by atoms with Crippen LogP contribution in [0.25, 0.3) is 0 Å². The average molecular weight is 229 g/mol. The van der Waals surface area contributed by atoms with Crippen molar-refractivity contribution in [2.24, 2.45) is 0 Å². The minimum absolute atomic E-state index is 0.0789. The van der Waals surface area contributed by atoms with E-state index in [1.165, 1.54) is 11.8 Å². The molecule has 0 aromatic carbocycles. The van der Waals surface area contributed by atoms with Crippen molar-refractivity contribution in [3.63, 3.8) is 0 Å². The first-order chi connectivity index (χ1) is 7.54. The average Bonchev–Trinajstić information content (AvgIpc) is 2.50. The lowest BCUT2D eigenvalue weighted by Gasteiger charge is -2.15. The van der Waals surface area contributed by atoms with E-state index in [9.17, 15) is 14.4 Å². The Bertz CT molecular complexity index is 302. The summed E-state index contributed by atoms with van der Waals surface area (Å²) in [4.78, 5) is 34.8. The minimum atomic E-state index is -0.744. The summed E-state index contributed by atoms with van der Waals surface area (Å²) in [6.07, 6.45) is -0.315. The van der Waals surface area contributed by atoms with Crippen LogP contribution in [0.2, 0.25) is 0 Å². The highest BCUT2D eigenvalue weighted by atomic mass is 16.5. The lowest BCUT2D eigenvalue weighted by Crippen LogP contribution is -2.36. The molecule has 0 radical (unpaired) electrons. The van der Waals surface area contributed by atoms with Gasteiger partial charge in [-0.2, -0.15) is 0 Å². The van der Waals surface area contributed by atoms with Gasteiger partial charge in [-0.15, -0.1) is 0 Å². The van der Waals surface area contributed by atoms with Crippen molar-refractivity contribution in [2.75, 3.05) is 19.7 Å². The number of carbonyl (C=O) groups excluding carboxylic acids is 3. The van der Waals surface area contributed by atoms with Crippen LogP contribution < -0.4 is 0 Å².